The summed E-state index contributed by atoms with van der Waals surface area (Å²) < 4.78 is 3.36. The minimum absolute atomic E-state index is 0.0107. The van der Waals surface area contributed by atoms with Crippen LogP contribution in [0.25, 0.3) is 0 Å². The van der Waals surface area contributed by atoms with Crippen molar-refractivity contribution in [1.29, 1.82) is 0 Å². The van der Waals surface area contributed by atoms with Crippen LogP contribution in [0.2, 0.25) is 0 Å². The Morgan fingerprint density at radius 3 is 3.17 bits per heavy atom. The van der Waals surface area contributed by atoms with Gasteiger partial charge in [0.05, 0.1) is 18.8 Å². The van der Waals surface area contributed by atoms with Gasteiger partial charge in [0.25, 0.3) is 5.56 Å². The van der Waals surface area contributed by atoms with Crippen LogP contribution in [0, 0.1) is 0 Å². The number of thioether (sulfide) groups is 1. The maximum absolute atomic E-state index is 11.9. The maximum atomic E-state index is 11.9. The number of hydrogen-bond acceptors (Lipinski definition) is 4. The van der Waals surface area contributed by atoms with Crippen molar-refractivity contribution < 1.29 is 0 Å². The Hall–Kier alpha value is -1.56. The summed E-state index contributed by atoms with van der Waals surface area (Å²) in [7, 11) is 0. The number of fused-ring (bicyclic) bond motifs is 1. The highest BCUT2D eigenvalue weighted by Gasteiger charge is 2.13. The molecule has 0 atom stereocenters. The van der Waals surface area contributed by atoms with Crippen LogP contribution in [0.15, 0.2) is 29.3 Å². The van der Waals surface area contributed by atoms with Crippen molar-refractivity contribution in [3.8, 4) is 0 Å². The van der Waals surface area contributed by atoms with Crippen molar-refractivity contribution in [2.75, 3.05) is 5.75 Å². The van der Waals surface area contributed by atoms with Gasteiger partial charge in [-0.15, -0.1) is 0 Å². The Bertz CT molecular complexity index is 591. The van der Waals surface area contributed by atoms with Crippen molar-refractivity contribution in [3.63, 3.8) is 0 Å². The molecular weight excluding hydrogens is 248 g/mol. The molecule has 0 unspecified atom stereocenters. The summed E-state index contributed by atoms with van der Waals surface area (Å²) in [5.41, 5.74) is 2.17. The molecule has 6 heteroatoms. The summed E-state index contributed by atoms with van der Waals surface area (Å²) in [5.74, 6) is 2.01. The van der Waals surface area contributed by atoms with Gasteiger partial charge < -0.3 is 0 Å². The molecule has 0 aromatic carbocycles. The highest BCUT2D eigenvalue weighted by molar-refractivity contribution is 7.98. The van der Waals surface area contributed by atoms with Crippen LogP contribution in [-0.2, 0) is 25.3 Å². The van der Waals surface area contributed by atoms with Crippen molar-refractivity contribution in [2.45, 2.75) is 25.3 Å². The molecule has 0 fully saturated rings. The van der Waals surface area contributed by atoms with Gasteiger partial charge in [-0.25, -0.2) is 4.68 Å². The van der Waals surface area contributed by atoms with E-state index in [0.29, 0.717) is 13.1 Å². The Balaban J connectivity index is 1.81. The largest absolute Gasteiger partial charge is 0.271 e. The molecule has 2 aromatic heterocycles. The fourth-order valence-corrected chi connectivity index (χ4v) is 2.99. The first kappa shape index (κ1) is 11.5. The van der Waals surface area contributed by atoms with Gasteiger partial charge in [-0.05, 0) is 17.4 Å². The minimum atomic E-state index is -0.0107. The molecule has 0 radical (unpaired) electrons. The van der Waals surface area contributed by atoms with E-state index in [1.165, 1.54) is 0 Å². The van der Waals surface area contributed by atoms with Crippen molar-refractivity contribution in [2.24, 2.45) is 0 Å². The van der Waals surface area contributed by atoms with Crippen LogP contribution in [-0.4, -0.2) is 25.3 Å². The van der Waals surface area contributed by atoms with E-state index < -0.39 is 0 Å². The predicted octanol–water partition coefficient (Wildman–Crippen LogP) is 0.929. The lowest BCUT2D eigenvalue weighted by Crippen LogP contribution is -2.27. The van der Waals surface area contributed by atoms with Crippen molar-refractivity contribution in [1.82, 2.24) is 19.6 Å². The smallest absolute Gasteiger partial charge is 0.267 e. The Kier molecular flexibility index (Phi) is 3.19. The number of hydrogen-bond donors (Lipinski definition) is 0. The molecule has 1 aliphatic rings. The van der Waals surface area contributed by atoms with Gasteiger partial charge in [0.15, 0.2) is 0 Å². The molecule has 5 nitrogen and oxygen atoms in total. The molecular formula is C12H14N4OS. The monoisotopic (exact) mass is 262 g/mol. The van der Waals surface area contributed by atoms with Crippen LogP contribution in [0.5, 0.6) is 0 Å². The van der Waals surface area contributed by atoms with Gasteiger partial charge in [-0.2, -0.15) is 22.0 Å². The zero-order valence-corrected chi connectivity index (χ0v) is 10.8. The van der Waals surface area contributed by atoms with Gasteiger partial charge in [-0.3, -0.25) is 9.48 Å². The highest BCUT2D eigenvalue weighted by Crippen LogP contribution is 2.21. The zero-order valence-electron chi connectivity index (χ0n) is 9.95. The lowest BCUT2D eigenvalue weighted by molar-refractivity contribution is 0.476. The SMILES string of the molecule is O=c1cc2c(nn1CCn1cccn1)CCSC2. The first-order valence-corrected chi connectivity index (χ1v) is 7.13. The molecule has 0 saturated carbocycles. The summed E-state index contributed by atoms with van der Waals surface area (Å²) >= 11 is 1.86. The lowest BCUT2D eigenvalue weighted by atomic mass is 10.2. The van der Waals surface area contributed by atoms with Crippen LogP contribution in [0.4, 0.5) is 0 Å². The van der Waals surface area contributed by atoms with E-state index in [1.807, 2.05) is 28.7 Å². The number of aryl methyl sites for hydroxylation is 3. The molecule has 0 amide bonds. The second kappa shape index (κ2) is 4.97. The van der Waals surface area contributed by atoms with Crippen LogP contribution in [0.1, 0.15) is 11.3 Å². The van der Waals surface area contributed by atoms with Crippen LogP contribution >= 0.6 is 11.8 Å². The first-order valence-electron chi connectivity index (χ1n) is 5.98. The minimum Gasteiger partial charge on any atom is -0.271 e. The molecule has 0 saturated heterocycles. The normalized spacial score (nSPS) is 14.4. The Labute approximate surface area is 109 Å². The summed E-state index contributed by atoms with van der Waals surface area (Å²) in [5, 5.41) is 8.58. The van der Waals surface area contributed by atoms with Gasteiger partial charge in [0.1, 0.15) is 0 Å². The molecule has 2 aromatic rings. The molecule has 3 rings (SSSR count). The number of aromatic nitrogens is 4. The number of rotatable bonds is 3. The zero-order chi connectivity index (χ0) is 12.4. The third kappa shape index (κ3) is 2.33. The predicted molar refractivity (Wildman–Crippen MR) is 70.6 cm³/mol. The van der Waals surface area contributed by atoms with E-state index in [0.717, 1.165) is 29.2 Å². The molecule has 0 aliphatic carbocycles. The summed E-state index contributed by atoms with van der Waals surface area (Å²) in [6.45, 7) is 1.24. The molecule has 3 heterocycles. The topological polar surface area (TPSA) is 52.7 Å². The Morgan fingerprint density at radius 1 is 1.39 bits per heavy atom. The van der Waals surface area contributed by atoms with Gasteiger partial charge in [0.2, 0.25) is 0 Å². The average Bonchev–Trinajstić information content (AvgIpc) is 2.89. The lowest BCUT2D eigenvalue weighted by Gasteiger charge is -2.15. The fourth-order valence-electron chi connectivity index (χ4n) is 2.04. The van der Waals surface area contributed by atoms with E-state index in [9.17, 15) is 4.79 Å². The second-order valence-electron chi connectivity index (χ2n) is 4.25. The van der Waals surface area contributed by atoms with Crippen molar-refractivity contribution >= 4 is 11.8 Å². The third-order valence-corrected chi connectivity index (χ3v) is 4.01. The molecule has 94 valence electrons. The van der Waals surface area contributed by atoms with Crippen LogP contribution in [0.3, 0.4) is 0 Å². The van der Waals surface area contributed by atoms with E-state index >= 15 is 0 Å². The molecule has 1 aliphatic heterocycles. The molecule has 0 spiro atoms. The van der Waals surface area contributed by atoms with E-state index in [4.69, 9.17) is 0 Å². The third-order valence-electron chi connectivity index (χ3n) is 3.01. The summed E-state index contributed by atoms with van der Waals surface area (Å²) in [6, 6.07) is 3.61. The van der Waals surface area contributed by atoms with E-state index in [2.05, 4.69) is 10.2 Å². The quantitative estimate of drug-likeness (QED) is 0.825. The molecule has 0 N–H and O–H groups in total. The van der Waals surface area contributed by atoms with Gasteiger partial charge >= 0.3 is 0 Å². The summed E-state index contributed by atoms with van der Waals surface area (Å²) in [6.07, 6.45) is 4.59. The van der Waals surface area contributed by atoms with Crippen molar-refractivity contribution in [3.05, 3.63) is 46.1 Å². The maximum Gasteiger partial charge on any atom is 0.267 e. The standard InChI is InChI=1S/C12H14N4OS/c17-12-8-10-9-18-7-2-11(10)14-16(12)6-5-15-4-1-3-13-15/h1,3-4,8H,2,5-7,9H2. The van der Waals surface area contributed by atoms with Gasteiger partial charge in [-0.1, -0.05) is 0 Å². The average molecular weight is 262 g/mol. The first-order chi connectivity index (χ1) is 8.83. The van der Waals surface area contributed by atoms with E-state index in [1.54, 1.807) is 16.9 Å². The van der Waals surface area contributed by atoms with E-state index in [-0.39, 0.29) is 5.56 Å². The Morgan fingerprint density at radius 2 is 2.33 bits per heavy atom. The van der Waals surface area contributed by atoms with Crippen LogP contribution < -0.4 is 5.56 Å². The van der Waals surface area contributed by atoms with Gasteiger partial charge in [0, 0.05) is 30.6 Å². The highest BCUT2D eigenvalue weighted by atomic mass is 32.2. The molecule has 18 heavy (non-hydrogen) atoms. The fraction of sp³-hybridized carbons (Fsp3) is 0.417. The second-order valence-corrected chi connectivity index (χ2v) is 5.35. The summed E-state index contributed by atoms with van der Waals surface area (Å²) in [4.78, 5) is 11.9. The number of nitrogens with zero attached hydrogens (tertiary/aromatic N) is 4. The molecule has 0 bridgehead atoms.